The van der Waals surface area contributed by atoms with Gasteiger partial charge in [0.25, 0.3) is 5.91 Å². The number of hydrogen-bond donors (Lipinski definition) is 2. The maximum Gasteiger partial charge on any atom is 0.303 e. The van der Waals surface area contributed by atoms with Crippen molar-refractivity contribution in [3.05, 3.63) is 70.3 Å². The van der Waals surface area contributed by atoms with E-state index in [1.54, 1.807) is 33.3 Å². The van der Waals surface area contributed by atoms with Crippen LogP contribution in [0.3, 0.4) is 0 Å². The second kappa shape index (κ2) is 15.8. The average molecular weight is 786 g/mol. The van der Waals surface area contributed by atoms with Crippen molar-refractivity contribution in [3.63, 3.8) is 0 Å². The Morgan fingerprint density at radius 1 is 1.13 bits per heavy atom. The molecule has 2 heterocycles. The standard InChI is InChI=1S/C39H52ClN5O8S/c1-42(2)36(47)23-52-33-10-6-7-18-44(5)35(46)21-39(49,37(48)41-54(50,51)43(3)4)28-12-16-34-32(20-28)45(22-27-11-14-30(27)33)24-38(25-53-34)17-8-9-26-19-29(40)13-15-31(26)38/h6,10,12-13,15-16,19-20,27,30,33,49H,7-9,11,14,17-18,21-25H2,1-5H3,(H,41,48)/b10-6+/t27-,30+,33-,38-,39+/m0/s1. The molecule has 2 aromatic rings. The molecule has 3 amide bonds. The molecule has 0 saturated heterocycles. The van der Waals surface area contributed by atoms with Gasteiger partial charge in [0.15, 0.2) is 5.60 Å². The second-order valence-electron chi connectivity index (χ2n) is 15.6. The van der Waals surface area contributed by atoms with E-state index in [0.717, 1.165) is 36.4 Å². The molecule has 5 atom stereocenters. The molecule has 4 aliphatic rings. The third-order valence-electron chi connectivity index (χ3n) is 11.6. The SMILES string of the molecule is CN(C)C(=O)CO[C@H]1/C=C/CCN(C)C(=O)C[C@](O)(C(=O)NS(=O)(=O)N(C)C)c2ccc3c(c2)N(C[C@@H]2CC[C@H]21)C[C@@]1(CCCc2cc(Cl)ccc21)CO3. The fourth-order valence-corrected chi connectivity index (χ4v) is 8.89. The molecule has 294 valence electrons. The lowest BCUT2D eigenvalue weighted by molar-refractivity contribution is -0.148. The summed E-state index contributed by atoms with van der Waals surface area (Å²) in [6.45, 7) is 1.74. The number of nitrogens with zero attached hydrogens (tertiary/aromatic N) is 4. The van der Waals surface area contributed by atoms with Crippen LogP contribution in [0.1, 0.15) is 55.2 Å². The Bertz CT molecular complexity index is 1910. The molecule has 1 fully saturated rings. The zero-order valence-corrected chi connectivity index (χ0v) is 33.3. The Balaban J connectivity index is 1.46. The van der Waals surface area contributed by atoms with E-state index in [2.05, 4.69) is 11.0 Å². The second-order valence-corrected chi connectivity index (χ2v) is 18.0. The van der Waals surface area contributed by atoms with E-state index in [1.807, 2.05) is 29.0 Å². The lowest BCUT2D eigenvalue weighted by Crippen LogP contribution is -2.52. The van der Waals surface area contributed by atoms with Crippen molar-refractivity contribution in [2.24, 2.45) is 11.8 Å². The molecule has 54 heavy (non-hydrogen) atoms. The van der Waals surface area contributed by atoms with Crippen LogP contribution in [0.4, 0.5) is 5.69 Å². The molecular formula is C39H52ClN5O8S. The number of nitrogens with one attached hydrogen (secondary N) is 1. The Kier molecular flexibility index (Phi) is 11.7. The minimum atomic E-state index is -4.31. The number of fused-ring (bicyclic) bond motifs is 4. The summed E-state index contributed by atoms with van der Waals surface area (Å²) in [6, 6.07) is 10.9. The van der Waals surface area contributed by atoms with Crippen molar-refractivity contribution in [2.45, 2.75) is 62.1 Å². The molecule has 1 saturated carbocycles. The van der Waals surface area contributed by atoms with E-state index in [-0.39, 0.29) is 42.6 Å². The summed E-state index contributed by atoms with van der Waals surface area (Å²) in [5, 5.41) is 13.0. The quantitative estimate of drug-likeness (QED) is 0.422. The topological polar surface area (TPSA) is 149 Å². The smallest absolute Gasteiger partial charge is 0.303 e. The molecule has 0 unspecified atom stereocenters. The normalized spacial score (nSPS) is 27.9. The summed E-state index contributed by atoms with van der Waals surface area (Å²) >= 11 is 6.46. The number of hydrogen-bond acceptors (Lipinski definition) is 9. The molecular weight excluding hydrogens is 734 g/mol. The zero-order valence-electron chi connectivity index (χ0n) is 31.7. The van der Waals surface area contributed by atoms with Crippen molar-refractivity contribution in [1.29, 1.82) is 0 Å². The fourth-order valence-electron chi connectivity index (χ4n) is 8.11. The van der Waals surface area contributed by atoms with Crippen LogP contribution in [0, 0.1) is 11.8 Å². The van der Waals surface area contributed by atoms with Crippen LogP contribution < -0.4 is 14.4 Å². The molecule has 0 aromatic heterocycles. The Labute approximate surface area is 323 Å². The number of ether oxygens (including phenoxy) is 2. The van der Waals surface area contributed by atoms with Crippen LogP contribution in [0.15, 0.2) is 48.6 Å². The Morgan fingerprint density at radius 2 is 1.91 bits per heavy atom. The summed E-state index contributed by atoms with van der Waals surface area (Å²) < 4.78 is 41.5. The van der Waals surface area contributed by atoms with Crippen LogP contribution >= 0.6 is 11.6 Å². The first-order valence-corrected chi connectivity index (χ1v) is 20.4. The van der Waals surface area contributed by atoms with E-state index in [1.165, 1.54) is 41.1 Å². The van der Waals surface area contributed by atoms with Gasteiger partial charge in [0.1, 0.15) is 12.4 Å². The molecule has 6 rings (SSSR count). The van der Waals surface area contributed by atoms with Gasteiger partial charge in [0.2, 0.25) is 11.8 Å². The minimum Gasteiger partial charge on any atom is -0.490 e. The van der Waals surface area contributed by atoms with Crippen LogP contribution in [0.5, 0.6) is 5.75 Å². The number of halogens is 1. The van der Waals surface area contributed by atoms with Gasteiger partial charge in [-0.15, -0.1) is 0 Å². The van der Waals surface area contributed by atoms with Crippen LogP contribution in [0.25, 0.3) is 0 Å². The predicted molar refractivity (Wildman–Crippen MR) is 206 cm³/mol. The maximum absolute atomic E-state index is 13.9. The molecule has 2 aliphatic heterocycles. The van der Waals surface area contributed by atoms with Crippen molar-refractivity contribution < 1.29 is 37.4 Å². The van der Waals surface area contributed by atoms with Gasteiger partial charge in [-0.3, -0.25) is 14.4 Å². The van der Waals surface area contributed by atoms with Gasteiger partial charge in [-0.25, -0.2) is 4.72 Å². The van der Waals surface area contributed by atoms with Crippen molar-refractivity contribution in [1.82, 2.24) is 18.8 Å². The number of carbonyl (C=O) groups excluding carboxylic acids is 3. The maximum atomic E-state index is 13.9. The van der Waals surface area contributed by atoms with E-state index >= 15 is 0 Å². The third-order valence-corrected chi connectivity index (χ3v) is 13.3. The van der Waals surface area contributed by atoms with Gasteiger partial charge < -0.3 is 29.3 Å². The molecule has 15 heteroatoms. The highest BCUT2D eigenvalue weighted by atomic mass is 35.5. The molecule has 2 bridgehead atoms. The van der Waals surface area contributed by atoms with Crippen molar-refractivity contribution in [3.8, 4) is 5.75 Å². The average Bonchev–Trinajstić information content (AvgIpc) is 3.26. The molecule has 1 spiro atoms. The number of likely N-dealkylation sites (N-methyl/N-ethyl adjacent to an activating group) is 1. The largest absolute Gasteiger partial charge is 0.490 e. The zero-order chi connectivity index (χ0) is 39.0. The van der Waals surface area contributed by atoms with Gasteiger partial charge in [0, 0.05) is 65.3 Å². The lowest BCUT2D eigenvalue weighted by atomic mass is 9.68. The first-order chi connectivity index (χ1) is 25.5. The van der Waals surface area contributed by atoms with E-state index < -0.39 is 39.5 Å². The van der Waals surface area contributed by atoms with E-state index in [0.29, 0.717) is 42.6 Å². The number of anilines is 1. The summed E-state index contributed by atoms with van der Waals surface area (Å²) in [6.07, 6.45) is 7.88. The van der Waals surface area contributed by atoms with E-state index in [4.69, 9.17) is 21.1 Å². The number of amides is 3. The first kappa shape index (κ1) is 40.0. The number of benzene rings is 2. The minimum absolute atomic E-state index is 0.0555. The van der Waals surface area contributed by atoms with Gasteiger partial charge in [-0.05, 0) is 91.3 Å². The van der Waals surface area contributed by atoms with Gasteiger partial charge in [-0.2, -0.15) is 12.7 Å². The van der Waals surface area contributed by atoms with Crippen molar-refractivity contribution >= 4 is 45.2 Å². The number of carbonyl (C=O) groups is 3. The number of aryl methyl sites for hydroxylation is 1. The first-order valence-electron chi connectivity index (χ1n) is 18.5. The van der Waals surface area contributed by atoms with Gasteiger partial charge in [-0.1, -0.05) is 35.9 Å². The van der Waals surface area contributed by atoms with Crippen LogP contribution in [-0.2, 0) is 46.8 Å². The lowest BCUT2D eigenvalue weighted by Gasteiger charge is -2.46. The highest BCUT2D eigenvalue weighted by Crippen LogP contribution is 2.48. The molecule has 2 aliphatic carbocycles. The highest BCUT2D eigenvalue weighted by Gasteiger charge is 2.47. The fraction of sp³-hybridized carbons (Fsp3) is 0.564. The summed E-state index contributed by atoms with van der Waals surface area (Å²) in [5.41, 5.74) is 0.0965. The Hall–Kier alpha value is -3.69. The summed E-state index contributed by atoms with van der Waals surface area (Å²) in [5.74, 6) is -1.11. The molecule has 2 N–H and O–H groups in total. The van der Waals surface area contributed by atoms with Crippen LogP contribution in [-0.4, -0.2) is 120 Å². The molecule has 2 aromatic carbocycles. The summed E-state index contributed by atoms with van der Waals surface area (Å²) in [4.78, 5) is 45.4. The predicted octanol–water partition coefficient (Wildman–Crippen LogP) is 3.23. The number of aliphatic hydroxyl groups is 1. The number of rotatable bonds is 6. The third kappa shape index (κ3) is 8.13. The van der Waals surface area contributed by atoms with Crippen LogP contribution in [0.2, 0.25) is 5.02 Å². The van der Waals surface area contributed by atoms with E-state index in [9.17, 15) is 27.9 Å². The molecule has 0 radical (unpaired) electrons. The van der Waals surface area contributed by atoms with Gasteiger partial charge in [0.05, 0.1) is 24.8 Å². The van der Waals surface area contributed by atoms with Gasteiger partial charge >= 0.3 is 10.2 Å². The highest BCUT2D eigenvalue weighted by molar-refractivity contribution is 7.87. The van der Waals surface area contributed by atoms with Crippen molar-refractivity contribution in [2.75, 3.05) is 73.0 Å². The monoisotopic (exact) mass is 785 g/mol. The molecule has 13 nitrogen and oxygen atoms in total. The Morgan fingerprint density at radius 3 is 2.61 bits per heavy atom. The summed E-state index contributed by atoms with van der Waals surface area (Å²) in [7, 11) is 3.18.